The van der Waals surface area contributed by atoms with Gasteiger partial charge in [-0.25, -0.2) is 4.39 Å². The lowest BCUT2D eigenvalue weighted by Gasteiger charge is -2.05. The number of rotatable bonds is 2. The summed E-state index contributed by atoms with van der Waals surface area (Å²) in [4.78, 5) is 12.1. The Bertz CT molecular complexity index is 626. The first-order valence-corrected chi connectivity index (χ1v) is 6.07. The Morgan fingerprint density at radius 3 is 2.28 bits per heavy atom. The van der Waals surface area contributed by atoms with Crippen LogP contribution in [-0.2, 0) is 0 Å². The lowest BCUT2D eigenvalue weighted by atomic mass is 10.0. The van der Waals surface area contributed by atoms with Crippen LogP contribution in [0.25, 0.3) is 0 Å². The van der Waals surface area contributed by atoms with Gasteiger partial charge in [0.25, 0.3) is 0 Å². The van der Waals surface area contributed by atoms with Crippen LogP contribution >= 0.6 is 34.8 Å². The molecule has 0 amide bonds. The topological polar surface area (TPSA) is 17.1 Å². The fraction of sp³-hybridized carbons (Fsp3) is 0. The fourth-order valence-corrected chi connectivity index (χ4v) is 2.14. The summed E-state index contributed by atoms with van der Waals surface area (Å²) < 4.78 is 13.0. The Hall–Kier alpha value is -1.09. The summed E-state index contributed by atoms with van der Waals surface area (Å²) in [5.41, 5.74) is 0.564. The zero-order chi connectivity index (χ0) is 13.3. The van der Waals surface area contributed by atoms with Crippen molar-refractivity contribution < 1.29 is 9.18 Å². The highest BCUT2D eigenvalue weighted by molar-refractivity contribution is 6.37. The van der Waals surface area contributed by atoms with Crippen molar-refractivity contribution in [3.63, 3.8) is 0 Å². The molecule has 2 aromatic rings. The van der Waals surface area contributed by atoms with E-state index in [0.29, 0.717) is 10.6 Å². The molecule has 5 heteroatoms. The summed E-state index contributed by atoms with van der Waals surface area (Å²) >= 11 is 17.3. The predicted molar refractivity (Wildman–Crippen MR) is 71.3 cm³/mol. The van der Waals surface area contributed by atoms with Crippen LogP contribution in [0.2, 0.25) is 15.1 Å². The van der Waals surface area contributed by atoms with Gasteiger partial charge in [-0.2, -0.15) is 0 Å². The van der Waals surface area contributed by atoms with Crippen molar-refractivity contribution in [2.75, 3.05) is 0 Å². The number of halogens is 4. The van der Waals surface area contributed by atoms with Gasteiger partial charge in [0, 0.05) is 16.1 Å². The third-order valence-corrected chi connectivity index (χ3v) is 3.20. The second kappa shape index (κ2) is 5.27. The van der Waals surface area contributed by atoms with Crippen molar-refractivity contribution in [2.24, 2.45) is 0 Å². The molecule has 2 rings (SSSR count). The van der Waals surface area contributed by atoms with Crippen LogP contribution in [0, 0.1) is 5.82 Å². The minimum atomic E-state index is -0.574. The third kappa shape index (κ3) is 2.66. The van der Waals surface area contributed by atoms with Crippen molar-refractivity contribution in [1.82, 2.24) is 0 Å². The Morgan fingerprint density at radius 2 is 1.67 bits per heavy atom. The molecule has 18 heavy (non-hydrogen) atoms. The number of hydrogen-bond acceptors (Lipinski definition) is 1. The highest BCUT2D eigenvalue weighted by atomic mass is 35.5. The molecule has 0 heterocycles. The quantitative estimate of drug-likeness (QED) is 0.712. The molecule has 0 radical (unpaired) electrons. The van der Waals surface area contributed by atoms with Gasteiger partial charge >= 0.3 is 0 Å². The van der Waals surface area contributed by atoms with Gasteiger partial charge < -0.3 is 0 Å². The number of benzene rings is 2. The maximum absolute atomic E-state index is 13.0. The van der Waals surface area contributed by atoms with Crippen LogP contribution in [0.4, 0.5) is 4.39 Å². The first-order chi connectivity index (χ1) is 8.49. The van der Waals surface area contributed by atoms with Gasteiger partial charge in [0.1, 0.15) is 5.82 Å². The van der Waals surface area contributed by atoms with Gasteiger partial charge in [-0.15, -0.1) is 0 Å². The van der Waals surface area contributed by atoms with Crippen LogP contribution in [0.3, 0.4) is 0 Å². The van der Waals surface area contributed by atoms with E-state index in [0.717, 1.165) is 6.07 Å². The highest BCUT2D eigenvalue weighted by Crippen LogP contribution is 2.25. The number of hydrogen-bond donors (Lipinski definition) is 0. The largest absolute Gasteiger partial charge is 0.289 e. The first kappa shape index (κ1) is 13.3. The van der Waals surface area contributed by atoms with E-state index in [-0.39, 0.29) is 21.4 Å². The molecule has 0 aliphatic carbocycles. The summed E-state index contributed by atoms with van der Waals surface area (Å²) in [6.45, 7) is 0. The van der Waals surface area contributed by atoms with E-state index in [9.17, 15) is 9.18 Å². The SMILES string of the molecule is O=C(c1ccc(F)c(Cl)c1)c1ccc(Cl)cc1Cl. The molecule has 0 saturated heterocycles. The summed E-state index contributed by atoms with van der Waals surface area (Å²) in [6.07, 6.45) is 0. The molecule has 0 fully saturated rings. The molecular weight excluding hydrogens is 297 g/mol. The van der Waals surface area contributed by atoms with E-state index in [1.165, 1.54) is 24.3 Å². The molecule has 0 N–H and O–H groups in total. The normalized spacial score (nSPS) is 10.4. The molecule has 2 aromatic carbocycles. The minimum Gasteiger partial charge on any atom is -0.289 e. The van der Waals surface area contributed by atoms with Gasteiger partial charge in [0.2, 0.25) is 0 Å². The molecule has 0 aliphatic heterocycles. The second-order valence-electron chi connectivity index (χ2n) is 3.58. The lowest BCUT2D eigenvalue weighted by Crippen LogP contribution is -2.02. The van der Waals surface area contributed by atoms with Crippen LogP contribution in [0.15, 0.2) is 36.4 Å². The predicted octanol–water partition coefficient (Wildman–Crippen LogP) is 5.02. The van der Waals surface area contributed by atoms with Crippen LogP contribution < -0.4 is 0 Å². The number of carbonyl (C=O) groups is 1. The zero-order valence-corrected chi connectivity index (χ0v) is 11.2. The lowest BCUT2D eigenvalue weighted by molar-refractivity contribution is 0.103. The monoisotopic (exact) mass is 302 g/mol. The summed E-state index contributed by atoms with van der Waals surface area (Å²) in [6, 6.07) is 8.32. The Morgan fingerprint density at radius 1 is 0.944 bits per heavy atom. The average Bonchev–Trinajstić information content (AvgIpc) is 2.32. The molecular formula is C13H6Cl3FO. The van der Waals surface area contributed by atoms with Crippen molar-refractivity contribution in [2.45, 2.75) is 0 Å². The zero-order valence-electron chi connectivity index (χ0n) is 8.88. The minimum absolute atomic E-state index is 0.106. The van der Waals surface area contributed by atoms with Crippen molar-refractivity contribution in [1.29, 1.82) is 0 Å². The standard InChI is InChI=1S/C13H6Cl3FO/c14-8-2-3-9(10(15)6-8)13(18)7-1-4-12(17)11(16)5-7/h1-6H. The Labute approximate surface area is 118 Å². The average molecular weight is 304 g/mol. The second-order valence-corrected chi connectivity index (χ2v) is 4.83. The van der Waals surface area contributed by atoms with E-state index in [4.69, 9.17) is 34.8 Å². The maximum Gasteiger partial charge on any atom is 0.194 e. The molecule has 92 valence electrons. The molecule has 0 atom stereocenters. The van der Waals surface area contributed by atoms with E-state index in [1.54, 1.807) is 6.07 Å². The van der Waals surface area contributed by atoms with Crippen LogP contribution in [-0.4, -0.2) is 5.78 Å². The van der Waals surface area contributed by atoms with Crippen molar-refractivity contribution in [3.8, 4) is 0 Å². The first-order valence-electron chi connectivity index (χ1n) is 4.94. The van der Waals surface area contributed by atoms with E-state index in [1.807, 2.05) is 0 Å². The third-order valence-electron chi connectivity index (χ3n) is 2.36. The summed E-state index contributed by atoms with van der Waals surface area (Å²) in [7, 11) is 0. The molecule has 0 saturated carbocycles. The Balaban J connectivity index is 2.44. The van der Waals surface area contributed by atoms with Crippen LogP contribution in [0.5, 0.6) is 0 Å². The molecule has 0 spiro atoms. The number of ketones is 1. The van der Waals surface area contributed by atoms with Crippen molar-refractivity contribution >= 4 is 40.6 Å². The smallest absolute Gasteiger partial charge is 0.194 e. The van der Waals surface area contributed by atoms with Gasteiger partial charge in [-0.3, -0.25) is 4.79 Å². The number of carbonyl (C=O) groups excluding carboxylic acids is 1. The van der Waals surface area contributed by atoms with Gasteiger partial charge in [0.15, 0.2) is 5.78 Å². The Kier molecular flexibility index (Phi) is 3.91. The molecule has 0 bridgehead atoms. The molecule has 0 aromatic heterocycles. The summed E-state index contributed by atoms with van der Waals surface area (Å²) in [5, 5.41) is 0.576. The maximum atomic E-state index is 13.0. The van der Waals surface area contributed by atoms with Gasteiger partial charge in [-0.05, 0) is 36.4 Å². The summed E-state index contributed by atoms with van der Waals surface area (Å²) in [5.74, 6) is -0.908. The van der Waals surface area contributed by atoms with Crippen LogP contribution in [0.1, 0.15) is 15.9 Å². The van der Waals surface area contributed by atoms with Crippen molar-refractivity contribution in [3.05, 3.63) is 68.4 Å². The van der Waals surface area contributed by atoms with E-state index < -0.39 is 5.82 Å². The molecule has 0 aliphatic rings. The van der Waals surface area contributed by atoms with Gasteiger partial charge in [-0.1, -0.05) is 34.8 Å². The fourth-order valence-electron chi connectivity index (χ4n) is 1.47. The molecule has 0 unspecified atom stereocenters. The van der Waals surface area contributed by atoms with Gasteiger partial charge in [0.05, 0.1) is 10.0 Å². The van der Waals surface area contributed by atoms with E-state index in [2.05, 4.69) is 0 Å². The molecule has 1 nitrogen and oxygen atoms in total. The van der Waals surface area contributed by atoms with E-state index >= 15 is 0 Å². The highest BCUT2D eigenvalue weighted by Gasteiger charge is 2.14.